The van der Waals surface area contributed by atoms with E-state index in [2.05, 4.69) is 15.6 Å². The molecular weight excluding hydrogens is 719 g/mol. The Bertz CT molecular complexity index is 1870. The number of aromatic nitrogens is 3. The number of hydrogen-bond acceptors (Lipinski definition) is 11. The van der Waals surface area contributed by atoms with Gasteiger partial charge in [-0.2, -0.15) is 0 Å². The van der Waals surface area contributed by atoms with E-state index in [0.29, 0.717) is 12.8 Å². The number of aliphatic hydroxyl groups is 1. The Labute approximate surface area is 314 Å². The summed E-state index contributed by atoms with van der Waals surface area (Å²) in [5.41, 5.74) is 6.98. The number of primary amides is 2. The lowest BCUT2D eigenvalue weighted by molar-refractivity contribution is -0.163. The second-order valence-corrected chi connectivity index (χ2v) is 18.2. The van der Waals surface area contributed by atoms with E-state index in [0.717, 1.165) is 32.1 Å². The quantitative estimate of drug-likeness (QED) is 0.212. The molecule has 2 aliphatic heterocycles. The SMILES string of the molecule is CC(C)(O)c1cnnn1C1CN(C(=O)[C@@H](CC2CCCCC2)NC(=O)c2ccc(S(=O)(=O)C3CC3)cc2)C(C(N)=O)([C@]2(C(=O)C(N)=O)CCCOCC2)C1. The van der Waals surface area contributed by atoms with E-state index in [1.807, 2.05) is 0 Å². The topological polar surface area (TPSA) is 247 Å². The fourth-order valence-corrected chi connectivity index (χ4v) is 10.6. The number of hydrogen-bond donors (Lipinski definition) is 4. The molecule has 16 nitrogen and oxygen atoms in total. The lowest BCUT2D eigenvalue weighted by atomic mass is 9.60. The third kappa shape index (κ3) is 7.29. The fourth-order valence-electron chi connectivity index (χ4n) is 8.99. The van der Waals surface area contributed by atoms with E-state index in [9.17, 15) is 32.7 Å². The molecule has 0 bridgehead atoms. The van der Waals surface area contributed by atoms with Gasteiger partial charge in [0.1, 0.15) is 17.2 Å². The number of benzene rings is 1. The van der Waals surface area contributed by atoms with Crippen molar-refractivity contribution in [1.29, 1.82) is 0 Å². The monoisotopic (exact) mass is 769 g/mol. The molecule has 2 saturated heterocycles. The average Bonchev–Trinajstić information content (AvgIpc) is 3.82. The maximum absolute atomic E-state index is 15.3. The fraction of sp³-hybridized carbons (Fsp3) is 0.649. The molecule has 17 heteroatoms. The molecule has 2 aliphatic carbocycles. The Balaban J connectivity index is 1.44. The van der Waals surface area contributed by atoms with Gasteiger partial charge in [-0.25, -0.2) is 13.1 Å². The number of amides is 4. The van der Waals surface area contributed by atoms with Gasteiger partial charge in [-0.3, -0.25) is 24.0 Å². The van der Waals surface area contributed by atoms with Crippen molar-refractivity contribution in [3.8, 4) is 0 Å². The standard InChI is InChI=1S/C37H51N7O9S/c1-35(2,50)29-21-40-42-44(29)25-20-37(34(39)49,36(30(45)31(38)46)15-6-17-53-18-16-36)43(22-25)33(48)28(19-23-7-4-3-5-8-23)41-32(47)24-9-11-26(12-10-24)54(51,52)27-13-14-27/h9-12,21,23,25,27-28,50H,3-8,13-20,22H2,1-2H3,(H2,38,46)(H2,39,49)(H,41,47)/t25?,28-,36-,37?/m1/s1. The van der Waals surface area contributed by atoms with Crippen molar-refractivity contribution in [3.05, 3.63) is 41.7 Å². The van der Waals surface area contributed by atoms with Gasteiger partial charge in [0.25, 0.3) is 11.8 Å². The minimum atomic E-state index is -3.50. The van der Waals surface area contributed by atoms with Crippen molar-refractivity contribution in [2.45, 2.75) is 124 Å². The molecule has 1 aromatic carbocycles. The number of likely N-dealkylation sites (tertiary alicyclic amines) is 1. The van der Waals surface area contributed by atoms with Gasteiger partial charge in [-0.1, -0.05) is 37.3 Å². The molecule has 3 heterocycles. The molecular formula is C37H51N7O9S. The van der Waals surface area contributed by atoms with Crippen LogP contribution in [-0.2, 0) is 39.4 Å². The minimum absolute atomic E-state index is 0.0201. The van der Waals surface area contributed by atoms with Gasteiger partial charge < -0.3 is 31.5 Å². The molecule has 2 unspecified atom stereocenters. The maximum atomic E-state index is 15.3. The second kappa shape index (κ2) is 15.1. The number of carbonyl (C=O) groups is 5. The number of nitrogens with zero attached hydrogens (tertiary/aromatic N) is 4. The summed E-state index contributed by atoms with van der Waals surface area (Å²) in [4.78, 5) is 71.9. The predicted octanol–water partition coefficient (Wildman–Crippen LogP) is 1.45. The summed E-state index contributed by atoms with van der Waals surface area (Å²) in [6.45, 7) is 3.05. The zero-order valence-corrected chi connectivity index (χ0v) is 31.7. The number of ether oxygens (including phenoxy) is 1. The molecule has 6 N–H and O–H groups in total. The van der Waals surface area contributed by atoms with Crippen molar-refractivity contribution in [2.75, 3.05) is 19.8 Å². The van der Waals surface area contributed by atoms with E-state index >= 15 is 4.79 Å². The molecule has 294 valence electrons. The van der Waals surface area contributed by atoms with Gasteiger partial charge in [-0.15, -0.1) is 5.10 Å². The zero-order valence-electron chi connectivity index (χ0n) is 30.9. The highest BCUT2D eigenvalue weighted by Gasteiger charge is 2.68. The van der Waals surface area contributed by atoms with Crippen LogP contribution < -0.4 is 16.8 Å². The summed E-state index contributed by atoms with van der Waals surface area (Å²) in [5.74, 6) is -4.65. The number of carbonyl (C=O) groups excluding carboxylic acids is 5. The first-order chi connectivity index (χ1) is 25.5. The molecule has 4 amide bonds. The van der Waals surface area contributed by atoms with Gasteiger partial charge in [0.05, 0.1) is 33.5 Å². The molecule has 6 rings (SSSR count). The van der Waals surface area contributed by atoms with E-state index < -0.39 is 73.1 Å². The molecule has 0 spiro atoms. The summed E-state index contributed by atoms with van der Waals surface area (Å²) >= 11 is 0. The van der Waals surface area contributed by atoms with Crippen LogP contribution in [0.2, 0.25) is 0 Å². The van der Waals surface area contributed by atoms with E-state index in [1.165, 1.54) is 53.9 Å². The Kier molecular flexibility index (Phi) is 11.1. The Hall–Kier alpha value is -4.22. The molecule has 4 atom stereocenters. The van der Waals surface area contributed by atoms with Crippen LogP contribution in [0.4, 0.5) is 0 Å². The average molecular weight is 770 g/mol. The number of nitrogens with one attached hydrogen (secondary N) is 1. The molecule has 0 radical (unpaired) electrons. The van der Waals surface area contributed by atoms with Gasteiger partial charge in [0.15, 0.2) is 9.84 Å². The summed E-state index contributed by atoms with van der Waals surface area (Å²) in [7, 11) is -3.50. The summed E-state index contributed by atoms with van der Waals surface area (Å²) in [5, 5.41) is 21.7. The van der Waals surface area contributed by atoms with Crippen LogP contribution in [0.3, 0.4) is 0 Å². The van der Waals surface area contributed by atoms with Crippen LogP contribution in [-0.4, -0.2) is 99.4 Å². The maximum Gasteiger partial charge on any atom is 0.285 e. The van der Waals surface area contributed by atoms with Crippen LogP contribution in [0, 0.1) is 11.3 Å². The van der Waals surface area contributed by atoms with E-state index in [4.69, 9.17) is 16.2 Å². The number of Topliss-reactive ketones (excluding diaryl/α,β-unsaturated/α-hetero) is 1. The van der Waals surface area contributed by atoms with Gasteiger partial charge in [0, 0.05) is 31.7 Å². The van der Waals surface area contributed by atoms with Gasteiger partial charge >= 0.3 is 0 Å². The first kappa shape index (κ1) is 39.5. The third-order valence-electron chi connectivity index (χ3n) is 11.9. The highest BCUT2D eigenvalue weighted by molar-refractivity contribution is 7.92. The number of nitrogens with two attached hydrogens (primary N) is 2. The van der Waals surface area contributed by atoms with Crippen LogP contribution in [0.15, 0.2) is 35.4 Å². The highest BCUT2D eigenvalue weighted by Crippen LogP contribution is 2.54. The van der Waals surface area contributed by atoms with Crippen LogP contribution >= 0.6 is 0 Å². The first-order valence-electron chi connectivity index (χ1n) is 18.8. The van der Waals surface area contributed by atoms with Crippen LogP contribution in [0.5, 0.6) is 0 Å². The van der Waals surface area contributed by atoms with Crippen LogP contribution in [0.25, 0.3) is 0 Å². The Morgan fingerprint density at radius 2 is 1.69 bits per heavy atom. The summed E-state index contributed by atoms with van der Waals surface area (Å²) in [6.07, 6.45) is 7.12. The number of ketones is 1. The molecule has 4 fully saturated rings. The Morgan fingerprint density at radius 3 is 2.30 bits per heavy atom. The first-order valence-corrected chi connectivity index (χ1v) is 20.4. The molecule has 2 aromatic rings. The summed E-state index contributed by atoms with van der Waals surface area (Å²) in [6, 6.07) is 3.52. The molecule has 2 saturated carbocycles. The normalized spacial score (nSPS) is 26.1. The van der Waals surface area contributed by atoms with Crippen molar-refractivity contribution >= 4 is 39.2 Å². The smallest absolute Gasteiger partial charge is 0.285 e. The van der Waals surface area contributed by atoms with Crippen molar-refractivity contribution in [2.24, 2.45) is 22.8 Å². The Morgan fingerprint density at radius 1 is 1.00 bits per heavy atom. The van der Waals surface area contributed by atoms with E-state index in [1.54, 1.807) is 0 Å². The van der Waals surface area contributed by atoms with Crippen molar-refractivity contribution < 1.29 is 42.2 Å². The lowest BCUT2D eigenvalue weighted by Crippen LogP contribution is -2.71. The lowest BCUT2D eigenvalue weighted by Gasteiger charge is -2.49. The second-order valence-electron chi connectivity index (χ2n) is 15.9. The predicted molar refractivity (Wildman–Crippen MR) is 193 cm³/mol. The van der Waals surface area contributed by atoms with Gasteiger partial charge in [-0.05, 0) is 82.6 Å². The minimum Gasteiger partial charge on any atom is -0.384 e. The third-order valence-corrected chi connectivity index (χ3v) is 14.2. The molecule has 4 aliphatic rings. The largest absolute Gasteiger partial charge is 0.384 e. The molecule has 54 heavy (non-hydrogen) atoms. The van der Waals surface area contributed by atoms with Crippen LogP contribution in [0.1, 0.15) is 113 Å². The summed E-state index contributed by atoms with van der Waals surface area (Å²) < 4.78 is 32.7. The van der Waals surface area contributed by atoms with Crippen molar-refractivity contribution in [3.63, 3.8) is 0 Å². The highest BCUT2D eigenvalue weighted by atomic mass is 32.2. The molecule has 1 aromatic heterocycles. The number of rotatable bonds is 13. The number of sulfone groups is 1. The zero-order chi connectivity index (χ0) is 39.1. The van der Waals surface area contributed by atoms with E-state index in [-0.39, 0.29) is 73.9 Å². The van der Waals surface area contributed by atoms with Gasteiger partial charge in [0.2, 0.25) is 17.6 Å². The van der Waals surface area contributed by atoms with Crippen molar-refractivity contribution in [1.82, 2.24) is 25.2 Å².